The van der Waals surface area contributed by atoms with E-state index in [1.807, 2.05) is 18.2 Å². The lowest BCUT2D eigenvalue weighted by Crippen LogP contribution is -2.47. The first-order valence-corrected chi connectivity index (χ1v) is 9.87. The number of nitrogens with zero attached hydrogens (tertiary/aromatic N) is 2. The van der Waals surface area contributed by atoms with Crippen LogP contribution in [-0.4, -0.2) is 56.1 Å². The first-order valence-electron chi connectivity index (χ1n) is 9.87. The van der Waals surface area contributed by atoms with Gasteiger partial charge in [-0.15, -0.1) is 0 Å². The summed E-state index contributed by atoms with van der Waals surface area (Å²) in [7, 11) is 3.24. The number of carbonyl (C=O) groups excluding carboxylic acids is 1. The van der Waals surface area contributed by atoms with Gasteiger partial charge in [-0.25, -0.2) is 0 Å². The largest absolute Gasteiger partial charge is 0.497 e. The Labute approximate surface area is 179 Å². The van der Waals surface area contributed by atoms with E-state index >= 15 is 0 Å². The number of hydrogen-bond acceptors (Lipinski definition) is 4. The van der Waals surface area contributed by atoms with Crippen LogP contribution in [0.1, 0.15) is 16.7 Å². The van der Waals surface area contributed by atoms with Gasteiger partial charge in [0.25, 0.3) is 0 Å². The van der Waals surface area contributed by atoms with E-state index < -0.39 is 11.7 Å². The second kappa shape index (κ2) is 9.87. The van der Waals surface area contributed by atoms with Crippen LogP contribution in [0.3, 0.4) is 0 Å². The molecule has 8 heteroatoms. The molecule has 1 aliphatic heterocycles. The van der Waals surface area contributed by atoms with Crippen LogP contribution in [0.4, 0.5) is 13.2 Å². The average Bonchev–Trinajstić information content (AvgIpc) is 2.77. The van der Waals surface area contributed by atoms with Crippen LogP contribution in [-0.2, 0) is 17.5 Å². The molecule has 5 nitrogen and oxygen atoms in total. The lowest BCUT2D eigenvalue weighted by atomic mass is 10.1. The molecule has 0 aromatic heterocycles. The maximum atomic E-state index is 12.8. The molecule has 0 atom stereocenters. The first kappa shape index (κ1) is 22.7. The lowest BCUT2D eigenvalue weighted by molar-refractivity contribution is -0.137. The number of rotatable bonds is 6. The zero-order chi connectivity index (χ0) is 22.4. The van der Waals surface area contributed by atoms with E-state index in [1.54, 1.807) is 25.2 Å². The van der Waals surface area contributed by atoms with Gasteiger partial charge >= 0.3 is 6.18 Å². The van der Waals surface area contributed by atoms with E-state index in [1.165, 1.54) is 18.2 Å². The third-order valence-corrected chi connectivity index (χ3v) is 5.20. The molecule has 0 aliphatic carbocycles. The molecule has 0 N–H and O–H groups in total. The van der Waals surface area contributed by atoms with Crippen molar-refractivity contribution in [2.75, 3.05) is 40.4 Å². The Morgan fingerprint density at radius 1 is 1.03 bits per heavy atom. The summed E-state index contributed by atoms with van der Waals surface area (Å²) in [5.74, 6) is 1.32. The smallest absolute Gasteiger partial charge is 0.416 e. The fraction of sp³-hybridized carbons (Fsp3) is 0.348. The summed E-state index contributed by atoms with van der Waals surface area (Å²) < 4.78 is 49.2. The highest BCUT2D eigenvalue weighted by atomic mass is 19.4. The van der Waals surface area contributed by atoms with Crippen molar-refractivity contribution in [3.8, 4) is 11.5 Å². The van der Waals surface area contributed by atoms with Gasteiger partial charge in [0.05, 0.1) is 19.8 Å². The van der Waals surface area contributed by atoms with Gasteiger partial charge in [0.2, 0.25) is 5.91 Å². The first-order chi connectivity index (χ1) is 14.8. The molecule has 2 aromatic rings. The van der Waals surface area contributed by atoms with Crippen LogP contribution in [0.5, 0.6) is 11.5 Å². The van der Waals surface area contributed by atoms with Crippen molar-refractivity contribution in [3.05, 3.63) is 65.2 Å². The van der Waals surface area contributed by atoms with Gasteiger partial charge in [-0.3, -0.25) is 9.69 Å². The lowest BCUT2D eigenvalue weighted by Gasteiger charge is -2.34. The molecule has 2 aromatic carbocycles. The molecule has 3 rings (SSSR count). The van der Waals surface area contributed by atoms with E-state index in [0.29, 0.717) is 38.3 Å². The van der Waals surface area contributed by atoms with Crippen molar-refractivity contribution in [2.45, 2.75) is 12.7 Å². The molecule has 1 amide bonds. The number of benzene rings is 2. The van der Waals surface area contributed by atoms with Gasteiger partial charge < -0.3 is 14.4 Å². The SMILES string of the molecule is COc1ccc(OC)c(CN2CCN(C(=O)/C=C/c3cccc(C(F)(F)F)c3)CC2)c1. The van der Waals surface area contributed by atoms with Crippen LogP contribution < -0.4 is 9.47 Å². The van der Waals surface area contributed by atoms with E-state index in [0.717, 1.165) is 29.2 Å². The van der Waals surface area contributed by atoms with E-state index in [9.17, 15) is 18.0 Å². The van der Waals surface area contributed by atoms with Gasteiger partial charge in [0, 0.05) is 44.4 Å². The molecular formula is C23H25F3N2O3. The number of ether oxygens (including phenoxy) is 2. The third kappa shape index (κ3) is 6.01. The number of amides is 1. The standard InChI is InChI=1S/C23H25F3N2O3/c1-30-20-7-8-21(31-2)18(15-20)16-27-10-12-28(13-11-27)22(29)9-6-17-4-3-5-19(14-17)23(24,25)26/h3-9,14-15H,10-13,16H2,1-2H3/b9-6+. The van der Waals surface area contributed by atoms with Crippen molar-refractivity contribution >= 4 is 12.0 Å². The molecule has 0 bridgehead atoms. The Bertz CT molecular complexity index is 936. The molecule has 1 heterocycles. The second-order valence-electron chi connectivity index (χ2n) is 7.24. The summed E-state index contributed by atoms with van der Waals surface area (Å²) in [6.45, 7) is 3.12. The Kier molecular flexibility index (Phi) is 7.22. The van der Waals surface area contributed by atoms with Gasteiger partial charge in [-0.2, -0.15) is 13.2 Å². The molecular weight excluding hydrogens is 409 g/mol. The van der Waals surface area contributed by atoms with E-state index in [2.05, 4.69) is 4.90 Å². The summed E-state index contributed by atoms with van der Waals surface area (Å²) in [6, 6.07) is 10.6. The Morgan fingerprint density at radius 2 is 1.77 bits per heavy atom. The monoisotopic (exact) mass is 434 g/mol. The van der Waals surface area contributed by atoms with E-state index in [4.69, 9.17) is 9.47 Å². The maximum Gasteiger partial charge on any atom is 0.416 e. The minimum atomic E-state index is -4.41. The molecule has 31 heavy (non-hydrogen) atoms. The van der Waals surface area contributed by atoms with Gasteiger partial charge in [0.1, 0.15) is 11.5 Å². The zero-order valence-corrected chi connectivity index (χ0v) is 17.5. The summed E-state index contributed by atoms with van der Waals surface area (Å²) >= 11 is 0. The van der Waals surface area contributed by atoms with Crippen LogP contribution in [0.2, 0.25) is 0 Å². The normalized spacial score (nSPS) is 15.3. The Morgan fingerprint density at radius 3 is 2.42 bits per heavy atom. The number of methoxy groups -OCH3 is 2. The van der Waals surface area contributed by atoms with Crippen molar-refractivity contribution < 1.29 is 27.4 Å². The molecule has 166 valence electrons. The second-order valence-corrected chi connectivity index (χ2v) is 7.24. The van der Waals surface area contributed by atoms with E-state index in [-0.39, 0.29) is 5.91 Å². The molecule has 0 spiro atoms. The Hall–Kier alpha value is -3.00. The summed E-state index contributed by atoms with van der Waals surface area (Å²) in [6.07, 6.45) is -1.66. The molecule has 0 unspecified atom stereocenters. The van der Waals surface area contributed by atoms with Gasteiger partial charge in [0.15, 0.2) is 0 Å². The van der Waals surface area contributed by atoms with Crippen molar-refractivity contribution in [2.24, 2.45) is 0 Å². The van der Waals surface area contributed by atoms with Crippen LogP contribution in [0.15, 0.2) is 48.5 Å². The summed E-state index contributed by atoms with van der Waals surface area (Å²) in [4.78, 5) is 16.4. The van der Waals surface area contributed by atoms with Crippen LogP contribution in [0.25, 0.3) is 6.08 Å². The molecule has 1 saturated heterocycles. The number of carbonyl (C=O) groups is 1. The predicted octanol–water partition coefficient (Wildman–Crippen LogP) is 4.08. The molecule has 0 radical (unpaired) electrons. The number of halogens is 3. The third-order valence-electron chi connectivity index (χ3n) is 5.20. The highest BCUT2D eigenvalue weighted by Gasteiger charge is 2.30. The topological polar surface area (TPSA) is 42.0 Å². The minimum absolute atomic E-state index is 0.212. The number of alkyl halides is 3. The minimum Gasteiger partial charge on any atom is -0.497 e. The summed E-state index contributed by atoms with van der Waals surface area (Å²) in [5.41, 5.74) is 0.613. The highest BCUT2D eigenvalue weighted by Crippen LogP contribution is 2.30. The van der Waals surface area contributed by atoms with Crippen molar-refractivity contribution in [3.63, 3.8) is 0 Å². The van der Waals surface area contributed by atoms with Crippen molar-refractivity contribution in [1.29, 1.82) is 0 Å². The number of hydrogen-bond donors (Lipinski definition) is 0. The van der Waals surface area contributed by atoms with Gasteiger partial charge in [-0.1, -0.05) is 12.1 Å². The average molecular weight is 434 g/mol. The fourth-order valence-corrected chi connectivity index (χ4v) is 3.46. The Balaban J connectivity index is 1.56. The maximum absolute atomic E-state index is 12.8. The quantitative estimate of drug-likeness (QED) is 0.643. The van der Waals surface area contributed by atoms with Crippen molar-refractivity contribution in [1.82, 2.24) is 9.80 Å². The van der Waals surface area contributed by atoms with Crippen LogP contribution in [0, 0.1) is 0 Å². The summed E-state index contributed by atoms with van der Waals surface area (Å²) in [5, 5.41) is 0. The highest BCUT2D eigenvalue weighted by molar-refractivity contribution is 5.91. The zero-order valence-electron chi connectivity index (χ0n) is 17.5. The van der Waals surface area contributed by atoms with Crippen LogP contribution >= 0.6 is 0 Å². The number of piperazine rings is 1. The predicted molar refractivity (Wildman–Crippen MR) is 112 cm³/mol. The molecule has 1 aliphatic rings. The van der Waals surface area contributed by atoms with Gasteiger partial charge in [-0.05, 0) is 42.0 Å². The molecule has 1 fully saturated rings. The molecule has 0 saturated carbocycles. The fourth-order valence-electron chi connectivity index (χ4n) is 3.46.